The van der Waals surface area contributed by atoms with Gasteiger partial charge in [0.1, 0.15) is 6.10 Å². The van der Waals surface area contributed by atoms with E-state index in [0.717, 1.165) is 29.7 Å². The zero-order valence-corrected chi connectivity index (χ0v) is 17.0. The second kappa shape index (κ2) is 6.97. The summed E-state index contributed by atoms with van der Waals surface area (Å²) in [6.45, 7) is 3.92. The second-order valence-electron chi connectivity index (χ2n) is 8.71. The molecule has 0 unspecified atom stereocenters. The van der Waals surface area contributed by atoms with Gasteiger partial charge < -0.3 is 15.4 Å². The van der Waals surface area contributed by atoms with Crippen molar-refractivity contribution in [2.45, 2.75) is 32.8 Å². The molecule has 5 rings (SSSR count). The van der Waals surface area contributed by atoms with Gasteiger partial charge in [-0.1, -0.05) is 18.2 Å². The van der Waals surface area contributed by atoms with Gasteiger partial charge in [0.2, 0.25) is 5.91 Å². The number of nitrogens with one attached hydrogen (secondary N) is 2. The van der Waals surface area contributed by atoms with Crippen LogP contribution >= 0.6 is 0 Å². The second-order valence-corrected chi connectivity index (χ2v) is 8.71. The summed E-state index contributed by atoms with van der Waals surface area (Å²) in [4.78, 5) is 37.6. The van der Waals surface area contributed by atoms with Gasteiger partial charge in [-0.2, -0.15) is 0 Å². The molecule has 2 aliphatic carbocycles. The Morgan fingerprint density at radius 1 is 0.967 bits per heavy atom. The van der Waals surface area contributed by atoms with Crippen LogP contribution in [0, 0.1) is 37.5 Å². The summed E-state index contributed by atoms with van der Waals surface area (Å²) in [6, 6.07) is 12.7. The predicted octanol–water partition coefficient (Wildman–Crippen LogP) is 3.69. The van der Waals surface area contributed by atoms with Crippen molar-refractivity contribution in [1.82, 2.24) is 0 Å². The minimum Gasteiger partial charge on any atom is -0.462 e. The number of para-hydroxylation sites is 1. The number of fused-ring (bicyclic) bond motifs is 1. The van der Waals surface area contributed by atoms with E-state index in [1.807, 2.05) is 32.0 Å². The van der Waals surface area contributed by atoms with Crippen LogP contribution in [0.4, 0.5) is 11.4 Å². The van der Waals surface area contributed by atoms with E-state index in [2.05, 4.69) is 10.6 Å². The molecule has 0 spiro atoms. The molecular weight excluding hydrogens is 380 g/mol. The Balaban J connectivity index is 1.26. The van der Waals surface area contributed by atoms with E-state index < -0.39 is 0 Å². The van der Waals surface area contributed by atoms with E-state index in [0.29, 0.717) is 11.3 Å². The van der Waals surface area contributed by atoms with E-state index in [-0.39, 0.29) is 47.6 Å². The standard InChI is InChI=1S/C24H24N2O4/c1-12-4-3-5-13(2)21(12)26-22(27)14-6-8-16(9-7-14)25-23(28)19-15-10-17-18(11-15)30-24(29)20(17)19/h3-9,15,17-20H,10-11H2,1-2H3,(H,25,28)(H,26,27)/t15-,17-,18-,19+,20+/m1/s1. The van der Waals surface area contributed by atoms with Crippen LogP contribution in [0.1, 0.15) is 34.3 Å². The Bertz CT molecular complexity index is 1020. The molecule has 2 amide bonds. The van der Waals surface area contributed by atoms with Crippen LogP contribution in [-0.4, -0.2) is 23.9 Å². The van der Waals surface area contributed by atoms with Crippen LogP contribution in [0.2, 0.25) is 0 Å². The van der Waals surface area contributed by atoms with Crippen molar-refractivity contribution in [1.29, 1.82) is 0 Å². The van der Waals surface area contributed by atoms with Gasteiger partial charge in [-0.25, -0.2) is 0 Å². The number of aryl methyl sites for hydroxylation is 2. The maximum absolute atomic E-state index is 12.9. The molecule has 2 bridgehead atoms. The zero-order valence-electron chi connectivity index (χ0n) is 17.0. The Morgan fingerprint density at radius 2 is 1.67 bits per heavy atom. The lowest BCUT2D eigenvalue weighted by atomic mass is 9.79. The van der Waals surface area contributed by atoms with Crippen LogP contribution in [0.3, 0.4) is 0 Å². The first-order chi connectivity index (χ1) is 14.4. The number of amides is 2. The summed E-state index contributed by atoms with van der Waals surface area (Å²) in [7, 11) is 0. The van der Waals surface area contributed by atoms with Gasteiger partial charge in [-0.05, 0) is 68.0 Å². The third-order valence-corrected chi connectivity index (χ3v) is 6.92. The smallest absolute Gasteiger partial charge is 0.310 e. The molecule has 0 radical (unpaired) electrons. The van der Waals surface area contributed by atoms with Crippen LogP contribution in [0.15, 0.2) is 42.5 Å². The molecule has 5 atom stereocenters. The highest BCUT2D eigenvalue weighted by Crippen LogP contribution is 2.57. The molecule has 2 saturated carbocycles. The van der Waals surface area contributed by atoms with Gasteiger partial charge in [-0.3, -0.25) is 14.4 Å². The number of benzene rings is 2. The van der Waals surface area contributed by atoms with Crippen molar-refractivity contribution in [3.63, 3.8) is 0 Å². The highest BCUT2D eigenvalue weighted by Gasteiger charge is 2.63. The summed E-state index contributed by atoms with van der Waals surface area (Å²) in [6.07, 6.45) is 1.71. The lowest BCUT2D eigenvalue weighted by molar-refractivity contribution is -0.145. The molecule has 30 heavy (non-hydrogen) atoms. The topological polar surface area (TPSA) is 84.5 Å². The monoisotopic (exact) mass is 404 g/mol. The van der Waals surface area contributed by atoms with Gasteiger partial charge >= 0.3 is 5.97 Å². The number of hydrogen-bond acceptors (Lipinski definition) is 4. The average molecular weight is 404 g/mol. The molecular formula is C24H24N2O4. The van der Waals surface area contributed by atoms with Crippen molar-refractivity contribution in [3.05, 3.63) is 59.2 Å². The van der Waals surface area contributed by atoms with Gasteiger partial charge in [0.15, 0.2) is 0 Å². The van der Waals surface area contributed by atoms with Gasteiger partial charge in [-0.15, -0.1) is 0 Å². The molecule has 2 aromatic rings. The van der Waals surface area contributed by atoms with Gasteiger partial charge in [0, 0.05) is 22.9 Å². The number of carbonyl (C=O) groups excluding carboxylic acids is 3. The molecule has 1 aliphatic heterocycles. The van der Waals surface area contributed by atoms with Gasteiger partial charge in [0.05, 0.1) is 11.8 Å². The summed E-state index contributed by atoms with van der Waals surface area (Å²) in [5.41, 5.74) is 3.96. The van der Waals surface area contributed by atoms with Crippen molar-refractivity contribution in [2.24, 2.45) is 23.7 Å². The first-order valence-corrected chi connectivity index (χ1v) is 10.4. The van der Waals surface area contributed by atoms with E-state index >= 15 is 0 Å². The molecule has 3 fully saturated rings. The highest BCUT2D eigenvalue weighted by molar-refractivity contribution is 6.05. The Hall–Kier alpha value is -3.15. The minimum absolute atomic E-state index is 0.0197. The van der Waals surface area contributed by atoms with Crippen molar-refractivity contribution in [2.75, 3.05) is 10.6 Å². The fourth-order valence-corrected chi connectivity index (χ4v) is 5.49. The fourth-order valence-electron chi connectivity index (χ4n) is 5.49. The maximum Gasteiger partial charge on any atom is 0.310 e. The lowest BCUT2D eigenvalue weighted by Crippen LogP contribution is -2.35. The fraction of sp³-hybridized carbons (Fsp3) is 0.375. The molecule has 2 N–H and O–H groups in total. The van der Waals surface area contributed by atoms with Crippen LogP contribution in [0.25, 0.3) is 0 Å². The summed E-state index contributed by atoms with van der Waals surface area (Å²) in [5, 5.41) is 5.89. The zero-order chi connectivity index (χ0) is 21.0. The Labute approximate surface area is 175 Å². The molecule has 0 aromatic heterocycles. The molecule has 154 valence electrons. The largest absolute Gasteiger partial charge is 0.462 e. The molecule has 2 aromatic carbocycles. The average Bonchev–Trinajstić information content (AvgIpc) is 3.34. The summed E-state index contributed by atoms with van der Waals surface area (Å²) in [5.74, 6) is -0.725. The molecule has 3 aliphatic rings. The molecule has 6 nitrogen and oxygen atoms in total. The molecule has 1 saturated heterocycles. The quantitative estimate of drug-likeness (QED) is 0.761. The van der Waals surface area contributed by atoms with Crippen LogP contribution in [0.5, 0.6) is 0 Å². The first-order valence-electron chi connectivity index (χ1n) is 10.4. The van der Waals surface area contributed by atoms with E-state index in [1.165, 1.54) is 0 Å². The number of hydrogen-bond donors (Lipinski definition) is 2. The lowest BCUT2D eigenvalue weighted by Gasteiger charge is -2.23. The van der Waals surface area contributed by atoms with E-state index in [1.54, 1.807) is 24.3 Å². The van der Waals surface area contributed by atoms with Crippen molar-refractivity contribution < 1.29 is 19.1 Å². The third kappa shape index (κ3) is 2.98. The number of anilines is 2. The van der Waals surface area contributed by atoms with Crippen LogP contribution in [-0.2, 0) is 14.3 Å². The Morgan fingerprint density at radius 3 is 2.37 bits per heavy atom. The van der Waals surface area contributed by atoms with Crippen molar-refractivity contribution >= 4 is 29.2 Å². The van der Waals surface area contributed by atoms with Crippen molar-refractivity contribution in [3.8, 4) is 0 Å². The number of esters is 1. The third-order valence-electron chi connectivity index (χ3n) is 6.92. The number of rotatable bonds is 4. The predicted molar refractivity (Wildman–Crippen MR) is 112 cm³/mol. The summed E-state index contributed by atoms with van der Waals surface area (Å²) >= 11 is 0. The first kappa shape index (κ1) is 18.9. The number of ether oxygens (including phenoxy) is 1. The molecule has 6 heteroatoms. The van der Waals surface area contributed by atoms with E-state index in [4.69, 9.17) is 4.74 Å². The maximum atomic E-state index is 12.9. The van der Waals surface area contributed by atoms with E-state index in [9.17, 15) is 14.4 Å². The highest BCUT2D eigenvalue weighted by atomic mass is 16.6. The van der Waals surface area contributed by atoms with Crippen LogP contribution < -0.4 is 10.6 Å². The van der Waals surface area contributed by atoms with Gasteiger partial charge in [0.25, 0.3) is 5.91 Å². The number of carbonyl (C=O) groups is 3. The normalized spacial score (nSPS) is 28.3. The molecule has 1 heterocycles. The minimum atomic E-state index is -0.312. The summed E-state index contributed by atoms with van der Waals surface area (Å²) < 4.78 is 5.41. The SMILES string of the molecule is Cc1cccc(C)c1NC(=O)c1ccc(NC(=O)[C@H]2[C@@H]3C[C@H]4[C@@H]2C(=O)O[C@@H]4C3)cc1. The Kier molecular flexibility index (Phi) is 4.38.